The smallest absolute Gasteiger partial charge is 0.237 e. The van der Waals surface area contributed by atoms with Crippen molar-refractivity contribution in [3.05, 3.63) is 35.9 Å². The predicted octanol–water partition coefficient (Wildman–Crippen LogP) is 1.47. The van der Waals surface area contributed by atoms with Crippen molar-refractivity contribution >= 4 is 5.91 Å². The van der Waals surface area contributed by atoms with Gasteiger partial charge in [0.1, 0.15) is 0 Å². The monoisotopic (exact) mass is 221 g/mol. The van der Waals surface area contributed by atoms with Crippen LogP contribution in [-0.4, -0.2) is 18.5 Å². The number of benzene rings is 1. The van der Waals surface area contributed by atoms with Crippen LogP contribution in [0.2, 0.25) is 0 Å². The molecule has 3 heteroatoms. The van der Waals surface area contributed by atoms with E-state index in [0.717, 1.165) is 24.9 Å². The number of rotatable bonds is 6. The van der Waals surface area contributed by atoms with Crippen LogP contribution in [0.25, 0.3) is 0 Å². The summed E-state index contributed by atoms with van der Waals surface area (Å²) in [5.41, 5.74) is 6.92. The van der Waals surface area contributed by atoms with Crippen molar-refractivity contribution in [3.63, 3.8) is 0 Å². The number of amides is 1. The van der Waals surface area contributed by atoms with Crippen LogP contribution in [0.5, 0.6) is 0 Å². The van der Waals surface area contributed by atoms with Crippen molar-refractivity contribution in [3.8, 4) is 0 Å². The topological polar surface area (TPSA) is 55.1 Å². The molecule has 16 heavy (non-hydrogen) atoms. The summed E-state index contributed by atoms with van der Waals surface area (Å²) in [5.74, 6) is -0.0581. The van der Waals surface area contributed by atoms with E-state index in [1.165, 1.54) is 0 Å². The Morgan fingerprint density at radius 2 is 2.06 bits per heavy atom. The van der Waals surface area contributed by atoms with Gasteiger partial charge in [0.2, 0.25) is 5.91 Å². The minimum atomic E-state index is -0.445. The van der Waals surface area contributed by atoms with Gasteiger partial charge in [-0.05, 0) is 18.4 Å². The largest absolute Gasteiger partial charge is 0.355 e. The number of hydrogen-bond donors (Lipinski definition) is 2. The molecule has 3 nitrogen and oxygen atoms in total. The summed E-state index contributed by atoms with van der Waals surface area (Å²) in [6.07, 6.45) is 2.68. The van der Waals surface area contributed by atoms with Gasteiger partial charge in [-0.2, -0.15) is 0 Å². The Balaban J connectivity index is 2.34. The summed E-state index contributed by atoms with van der Waals surface area (Å²) in [4.78, 5) is 11.6. The fourth-order valence-electron chi connectivity index (χ4n) is 1.48. The van der Waals surface area contributed by atoms with Gasteiger partial charge in [0.25, 0.3) is 0 Å². The second-order valence-corrected chi connectivity index (χ2v) is 3.94. The number of nitrogens with two attached hydrogens (primary N) is 1. The van der Waals surface area contributed by atoms with Gasteiger partial charge in [-0.3, -0.25) is 4.79 Å². The van der Waals surface area contributed by atoms with Crippen molar-refractivity contribution in [2.75, 3.05) is 6.54 Å². The lowest BCUT2D eigenvalue weighted by molar-refractivity contribution is -0.122. The van der Waals surface area contributed by atoms with Crippen molar-refractivity contribution < 1.29 is 4.79 Å². The normalized spacial score (nSPS) is 12.1. The third kappa shape index (κ3) is 4.45. The van der Waals surface area contributed by atoms with Gasteiger partial charge in [0.15, 0.2) is 0 Å². The van der Waals surface area contributed by atoms with Crippen LogP contribution >= 0.6 is 0 Å². The number of carbonyl (C=O) groups is 1. The van der Waals surface area contributed by atoms with Gasteiger partial charge in [-0.25, -0.2) is 0 Å². The standard InChI is InChI=1S/C13H20N2O/c1-2-3-9-15-13(16)12(14)10-11-7-5-4-6-8-11/h4-8,12H,2-3,9-10,14H2,1H3,(H,15,16)/t12-/m0/s1/i13+1. The average Bonchev–Trinajstić information content (AvgIpc) is 2.30. The van der Waals surface area contributed by atoms with Gasteiger partial charge < -0.3 is 11.1 Å². The Morgan fingerprint density at radius 1 is 1.38 bits per heavy atom. The molecule has 1 atom stereocenters. The molecule has 1 aromatic carbocycles. The summed E-state index contributed by atoms with van der Waals surface area (Å²) < 4.78 is 0. The summed E-state index contributed by atoms with van der Waals surface area (Å²) in [6, 6.07) is 9.39. The van der Waals surface area contributed by atoms with E-state index in [1.807, 2.05) is 30.3 Å². The molecule has 0 aliphatic heterocycles. The predicted molar refractivity (Wildman–Crippen MR) is 66.0 cm³/mol. The van der Waals surface area contributed by atoms with Crippen LogP contribution in [0.15, 0.2) is 30.3 Å². The molecule has 0 radical (unpaired) electrons. The number of hydrogen-bond acceptors (Lipinski definition) is 2. The molecule has 1 amide bonds. The zero-order valence-electron chi connectivity index (χ0n) is 9.78. The summed E-state index contributed by atoms with van der Waals surface area (Å²) in [6.45, 7) is 2.81. The molecular formula is C13H20N2O. The van der Waals surface area contributed by atoms with Gasteiger partial charge in [-0.1, -0.05) is 43.7 Å². The fourth-order valence-corrected chi connectivity index (χ4v) is 1.48. The third-order valence-corrected chi connectivity index (χ3v) is 2.46. The van der Waals surface area contributed by atoms with E-state index in [-0.39, 0.29) is 5.91 Å². The molecule has 0 saturated heterocycles. The second-order valence-electron chi connectivity index (χ2n) is 3.94. The first-order valence-electron chi connectivity index (χ1n) is 5.81. The lowest BCUT2D eigenvalue weighted by atomic mass is 10.1. The average molecular weight is 221 g/mol. The van der Waals surface area contributed by atoms with E-state index >= 15 is 0 Å². The minimum Gasteiger partial charge on any atom is -0.355 e. The van der Waals surface area contributed by atoms with E-state index in [9.17, 15) is 4.79 Å². The second kappa shape index (κ2) is 7.01. The molecule has 0 spiro atoms. The van der Waals surface area contributed by atoms with Crippen LogP contribution < -0.4 is 11.1 Å². The van der Waals surface area contributed by atoms with Crippen LogP contribution in [-0.2, 0) is 11.2 Å². The van der Waals surface area contributed by atoms with Crippen LogP contribution in [0.3, 0.4) is 0 Å². The Morgan fingerprint density at radius 3 is 2.69 bits per heavy atom. The van der Waals surface area contributed by atoms with E-state index in [0.29, 0.717) is 6.42 Å². The molecular weight excluding hydrogens is 201 g/mol. The maximum Gasteiger partial charge on any atom is 0.237 e. The summed E-state index contributed by atoms with van der Waals surface area (Å²) in [7, 11) is 0. The zero-order valence-corrected chi connectivity index (χ0v) is 9.78. The molecule has 0 saturated carbocycles. The van der Waals surface area contributed by atoms with E-state index in [2.05, 4.69) is 12.2 Å². The highest BCUT2D eigenvalue weighted by molar-refractivity contribution is 5.81. The quantitative estimate of drug-likeness (QED) is 0.564. The van der Waals surface area contributed by atoms with Crippen molar-refractivity contribution in [1.29, 1.82) is 0 Å². The highest BCUT2D eigenvalue weighted by Gasteiger charge is 2.12. The highest BCUT2D eigenvalue weighted by atomic mass is 16.2. The first-order valence-corrected chi connectivity index (χ1v) is 5.81. The minimum absolute atomic E-state index is 0.0581. The molecule has 0 unspecified atom stereocenters. The van der Waals surface area contributed by atoms with Gasteiger partial charge in [0.05, 0.1) is 6.04 Å². The summed E-state index contributed by atoms with van der Waals surface area (Å²) >= 11 is 0. The number of unbranched alkanes of at least 4 members (excludes halogenated alkanes) is 1. The van der Waals surface area contributed by atoms with Crippen molar-refractivity contribution in [2.24, 2.45) is 5.73 Å². The summed E-state index contributed by atoms with van der Waals surface area (Å²) in [5, 5.41) is 2.84. The third-order valence-electron chi connectivity index (χ3n) is 2.46. The van der Waals surface area contributed by atoms with Crippen molar-refractivity contribution in [1.82, 2.24) is 5.32 Å². The molecule has 0 bridgehead atoms. The molecule has 88 valence electrons. The Hall–Kier alpha value is -1.35. The van der Waals surface area contributed by atoms with Crippen LogP contribution in [0, 0.1) is 0 Å². The fraction of sp³-hybridized carbons (Fsp3) is 0.462. The molecule has 0 heterocycles. The lowest BCUT2D eigenvalue weighted by Crippen LogP contribution is -2.42. The van der Waals surface area contributed by atoms with E-state index in [1.54, 1.807) is 0 Å². The van der Waals surface area contributed by atoms with Crippen LogP contribution in [0.4, 0.5) is 0 Å². The molecule has 0 aliphatic rings. The Kier molecular flexibility index (Phi) is 5.57. The number of carbonyl (C=O) groups excluding carboxylic acids is 1. The lowest BCUT2D eigenvalue weighted by Gasteiger charge is -2.11. The van der Waals surface area contributed by atoms with Gasteiger partial charge in [-0.15, -0.1) is 0 Å². The maximum absolute atomic E-state index is 11.6. The number of nitrogens with one attached hydrogen (secondary N) is 1. The Labute approximate surface area is 97.0 Å². The zero-order chi connectivity index (χ0) is 11.8. The van der Waals surface area contributed by atoms with E-state index in [4.69, 9.17) is 5.73 Å². The van der Waals surface area contributed by atoms with E-state index < -0.39 is 6.04 Å². The first-order chi connectivity index (χ1) is 7.74. The van der Waals surface area contributed by atoms with Gasteiger partial charge in [0, 0.05) is 6.54 Å². The molecule has 1 rings (SSSR count). The van der Waals surface area contributed by atoms with Gasteiger partial charge >= 0.3 is 0 Å². The van der Waals surface area contributed by atoms with Crippen molar-refractivity contribution in [2.45, 2.75) is 32.2 Å². The molecule has 3 N–H and O–H groups in total. The molecule has 0 fully saturated rings. The molecule has 0 aliphatic carbocycles. The highest BCUT2D eigenvalue weighted by Crippen LogP contribution is 2.01. The molecule has 0 aromatic heterocycles. The first kappa shape index (κ1) is 12.7. The maximum atomic E-state index is 11.6. The SMILES string of the molecule is CCCCN[13C](=O)[C@@H](N)Cc1ccccc1. The molecule has 1 aromatic rings. The Bertz CT molecular complexity index is 311. The van der Waals surface area contributed by atoms with Crippen LogP contribution in [0.1, 0.15) is 25.3 Å².